The average molecular weight is 845 g/mol. The van der Waals surface area contributed by atoms with Gasteiger partial charge in [-0.25, -0.2) is 14.8 Å². The number of aliphatic imine (C=N–C) groups is 1. The second-order valence-corrected chi connectivity index (χ2v) is 16.4. The Bertz CT molecular complexity index is 2460. The summed E-state index contributed by atoms with van der Waals surface area (Å²) in [6.45, 7) is 1.06. The highest BCUT2D eigenvalue weighted by Gasteiger charge is 2.56. The van der Waals surface area contributed by atoms with Crippen molar-refractivity contribution >= 4 is 23.3 Å². The Kier molecular flexibility index (Phi) is 11.3. The number of hydrogen-bond donors (Lipinski definition) is 1. The lowest BCUT2D eigenvalue weighted by Gasteiger charge is -2.34. The van der Waals surface area contributed by atoms with Gasteiger partial charge < -0.3 is 24.1 Å². The van der Waals surface area contributed by atoms with Crippen LogP contribution in [0.4, 0.5) is 18.0 Å². The number of hydrogen-bond acceptors (Lipinski definition) is 8. The minimum Gasteiger partial charge on any atom is -0.444 e. The van der Waals surface area contributed by atoms with Gasteiger partial charge in [0.15, 0.2) is 5.72 Å². The molecule has 0 radical (unpaired) electrons. The van der Waals surface area contributed by atoms with Gasteiger partial charge in [-0.3, -0.25) is 14.6 Å². The summed E-state index contributed by atoms with van der Waals surface area (Å²) in [5, 5.41) is 0. The zero-order valence-corrected chi connectivity index (χ0v) is 34.5. The number of aromatic amines is 1. The van der Waals surface area contributed by atoms with Crippen molar-refractivity contribution in [3.63, 3.8) is 0 Å². The average Bonchev–Trinajstić information content (AvgIpc) is 4.14. The number of alkyl halides is 3. The Balaban J connectivity index is 0.891. The highest BCUT2D eigenvalue weighted by Crippen LogP contribution is 2.44. The number of amides is 2. The minimum absolute atomic E-state index is 0.00102. The van der Waals surface area contributed by atoms with Gasteiger partial charge in [-0.05, 0) is 65.9 Å². The zero-order chi connectivity index (χ0) is 43.0. The number of nitrogens with zero attached hydrogens (tertiary/aromatic N) is 5. The normalized spacial score (nSPS) is 21.9. The Labute approximate surface area is 357 Å². The number of nitrogens with one attached hydrogen (secondary N) is 1. The van der Waals surface area contributed by atoms with Crippen molar-refractivity contribution in [2.45, 2.75) is 62.3 Å². The predicted octanol–water partition coefficient (Wildman–Crippen LogP) is 8.98. The van der Waals surface area contributed by atoms with Crippen LogP contribution in [0.3, 0.4) is 0 Å². The standard InChI is InChI=1S/C48H47F3N6O5/c1-55(2)42(36-12-7-4-8-13-36)45(58)56-24-9-14-40(56)44-52-27-39(54-44)35-21-17-33(18-22-35)32-15-19-34(20-16-32)37-26-38(53-43(37)48(49,50)51)41-29-62-47(23-25-60-30-47)57(41)46(59)61-28-31-10-5-3-6-11-31/h3-8,10-13,15-22,27,40-42H,9,14,23-26,28-30H2,1-2H3,(H,52,54)/t40-,41-,42+,47?/m0/s1. The predicted molar refractivity (Wildman–Crippen MR) is 227 cm³/mol. The van der Waals surface area contributed by atoms with Crippen LogP contribution < -0.4 is 0 Å². The number of carbonyl (C=O) groups excluding carboxylic acids is 2. The van der Waals surface area contributed by atoms with E-state index in [-0.39, 0.29) is 49.5 Å². The fourth-order valence-electron chi connectivity index (χ4n) is 9.14. The molecule has 1 spiro atoms. The summed E-state index contributed by atoms with van der Waals surface area (Å²) in [6.07, 6.45) is -1.69. The molecular formula is C48H47F3N6O5. The molecule has 320 valence electrons. The molecule has 14 heteroatoms. The first kappa shape index (κ1) is 41.3. The highest BCUT2D eigenvalue weighted by molar-refractivity contribution is 6.04. The Morgan fingerprint density at radius 3 is 2.21 bits per heavy atom. The van der Waals surface area contributed by atoms with Crippen LogP contribution in [-0.2, 0) is 25.6 Å². The summed E-state index contributed by atoms with van der Waals surface area (Å²) >= 11 is 0. The van der Waals surface area contributed by atoms with Crippen molar-refractivity contribution in [1.82, 2.24) is 24.7 Å². The number of ether oxygens (including phenoxy) is 3. The van der Waals surface area contributed by atoms with E-state index in [9.17, 15) is 22.8 Å². The summed E-state index contributed by atoms with van der Waals surface area (Å²) in [5.74, 6) is 0.786. The fourth-order valence-corrected chi connectivity index (χ4v) is 9.14. The number of aromatic nitrogens is 2. The highest BCUT2D eigenvalue weighted by atomic mass is 19.4. The molecule has 1 N–H and O–H groups in total. The molecule has 3 saturated heterocycles. The molecule has 2 amide bonds. The lowest BCUT2D eigenvalue weighted by atomic mass is 9.95. The van der Waals surface area contributed by atoms with Gasteiger partial charge in [0.25, 0.3) is 0 Å². The van der Waals surface area contributed by atoms with E-state index in [1.165, 1.54) is 4.90 Å². The van der Waals surface area contributed by atoms with E-state index in [4.69, 9.17) is 19.2 Å². The number of allylic oxidation sites excluding steroid dienone is 2. The van der Waals surface area contributed by atoms with Crippen LogP contribution >= 0.6 is 0 Å². The topological polar surface area (TPSA) is 113 Å². The number of rotatable bonds is 10. The van der Waals surface area contributed by atoms with E-state index in [0.29, 0.717) is 25.1 Å². The maximum atomic E-state index is 14.7. The molecule has 0 bridgehead atoms. The van der Waals surface area contributed by atoms with Gasteiger partial charge in [-0.15, -0.1) is 0 Å². The van der Waals surface area contributed by atoms with Crippen molar-refractivity contribution < 1.29 is 37.0 Å². The summed E-state index contributed by atoms with van der Waals surface area (Å²) < 4.78 is 61.4. The summed E-state index contributed by atoms with van der Waals surface area (Å²) in [7, 11) is 3.84. The Morgan fingerprint density at radius 2 is 1.56 bits per heavy atom. The third-order valence-corrected chi connectivity index (χ3v) is 12.3. The molecule has 0 aliphatic carbocycles. The van der Waals surface area contributed by atoms with E-state index >= 15 is 0 Å². The first-order valence-corrected chi connectivity index (χ1v) is 20.9. The van der Waals surface area contributed by atoms with Crippen LogP contribution in [0.25, 0.3) is 28.0 Å². The number of benzene rings is 4. The van der Waals surface area contributed by atoms with Crippen LogP contribution in [0.5, 0.6) is 0 Å². The summed E-state index contributed by atoms with van der Waals surface area (Å²) in [4.78, 5) is 45.2. The van der Waals surface area contributed by atoms with Gasteiger partial charge in [0, 0.05) is 25.1 Å². The largest absolute Gasteiger partial charge is 0.444 e. The molecule has 3 fully saturated rings. The maximum Gasteiger partial charge on any atom is 0.433 e. The molecule has 0 saturated carbocycles. The third-order valence-electron chi connectivity index (χ3n) is 12.3. The van der Waals surface area contributed by atoms with Crippen LogP contribution in [0, 0.1) is 0 Å². The molecular weight excluding hydrogens is 798 g/mol. The summed E-state index contributed by atoms with van der Waals surface area (Å²) in [6, 6.07) is 32.4. The molecule has 62 heavy (non-hydrogen) atoms. The molecule has 5 heterocycles. The van der Waals surface area contributed by atoms with Crippen LogP contribution in [0.15, 0.2) is 126 Å². The van der Waals surface area contributed by atoms with Gasteiger partial charge >= 0.3 is 12.3 Å². The van der Waals surface area contributed by atoms with Gasteiger partial charge in [0.05, 0.1) is 37.8 Å². The zero-order valence-electron chi connectivity index (χ0n) is 34.5. The van der Waals surface area contributed by atoms with Crippen molar-refractivity contribution in [2.75, 3.05) is 40.5 Å². The molecule has 1 unspecified atom stereocenters. The summed E-state index contributed by atoms with van der Waals surface area (Å²) in [5.41, 5.74) is 3.64. The number of likely N-dealkylation sites (tertiary alicyclic amines) is 1. The smallest absolute Gasteiger partial charge is 0.433 e. The first-order valence-electron chi connectivity index (χ1n) is 20.9. The lowest BCUT2D eigenvalue weighted by Crippen LogP contribution is -2.54. The van der Waals surface area contributed by atoms with E-state index < -0.39 is 35.8 Å². The van der Waals surface area contributed by atoms with E-state index in [1.54, 1.807) is 30.5 Å². The minimum atomic E-state index is -4.73. The Morgan fingerprint density at radius 1 is 0.903 bits per heavy atom. The van der Waals surface area contributed by atoms with Crippen LogP contribution in [0.2, 0.25) is 0 Å². The van der Waals surface area contributed by atoms with Crippen molar-refractivity contribution in [3.05, 3.63) is 144 Å². The molecule has 4 aliphatic heterocycles. The second-order valence-electron chi connectivity index (χ2n) is 16.4. The number of halogens is 3. The number of H-pyrrole nitrogens is 1. The van der Waals surface area contributed by atoms with Crippen molar-refractivity contribution in [2.24, 2.45) is 4.99 Å². The Hall–Kier alpha value is -6.09. The SMILES string of the molecule is CN(C)[C@@H](C(=O)N1CCC[C@H]1c1ncc(-c2ccc(-c3ccc(C4=C(C(F)(F)F)N=C([C@@H]5COC6(CCOC6)N5C(=O)OCc5ccccc5)C4)cc3)cc2)[nH]1)c1ccccc1. The first-order chi connectivity index (χ1) is 30.0. The molecule has 4 atom stereocenters. The van der Waals surface area contributed by atoms with Gasteiger partial charge in [-0.1, -0.05) is 109 Å². The van der Waals surface area contributed by atoms with Crippen molar-refractivity contribution in [1.29, 1.82) is 0 Å². The van der Waals surface area contributed by atoms with Crippen LogP contribution in [0.1, 0.15) is 60.3 Å². The second kappa shape index (κ2) is 17.0. The third kappa shape index (κ3) is 8.05. The van der Waals surface area contributed by atoms with Gasteiger partial charge in [0.1, 0.15) is 30.2 Å². The van der Waals surface area contributed by atoms with E-state index in [0.717, 1.165) is 52.2 Å². The number of likely N-dealkylation sites (N-methyl/N-ethyl adjacent to an activating group) is 1. The quantitative estimate of drug-likeness (QED) is 0.149. The number of imidazole rings is 1. The van der Waals surface area contributed by atoms with Crippen molar-refractivity contribution in [3.8, 4) is 22.4 Å². The van der Waals surface area contributed by atoms with Crippen LogP contribution in [-0.4, -0.2) is 101 Å². The molecule has 4 aromatic carbocycles. The molecule has 11 nitrogen and oxygen atoms in total. The van der Waals surface area contributed by atoms with E-state index in [2.05, 4.69) is 9.98 Å². The lowest BCUT2D eigenvalue weighted by molar-refractivity contribution is -0.137. The van der Waals surface area contributed by atoms with Gasteiger partial charge in [0.2, 0.25) is 5.91 Å². The molecule has 5 aromatic rings. The number of carbonyl (C=O) groups is 2. The molecule has 4 aliphatic rings. The maximum absolute atomic E-state index is 14.7. The fraction of sp³-hybridized carbons (Fsp3) is 0.333. The van der Waals surface area contributed by atoms with E-state index in [1.807, 2.05) is 109 Å². The molecule has 9 rings (SSSR count). The van der Waals surface area contributed by atoms with Gasteiger partial charge in [-0.2, -0.15) is 13.2 Å². The monoisotopic (exact) mass is 844 g/mol. The molecule has 1 aromatic heterocycles.